The average Bonchev–Trinajstić information content (AvgIpc) is 2.77. The molecule has 1 aromatic rings. The van der Waals surface area contributed by atoms with Gasteiger partial charge in [0.25, 0.3) is 0 Å². The predicted octanol–water partition coefficient (Wildman–Crippen LogP) is 2.54. The Hall–Kier alpha value is -1.77. The molecule has 0 unspecified atom stereocenters. The fourth-order valence-electron chi connectivity index (χ4n) is 4.26. The Balaban J connectivity index is 2.50. The van der Waals surface area contributed by atoms with Gasteiger partial charge in [0.2, 0.25) is 0 Å². The van der Waals surface area contributed by atoms with E-state index < -0.39 is 35.8 Å². The molecule has 0 saturated heterocycles. The molecule has 0 amide bonds. The van der Waals surface area contributed by atoms with Crippen LogP contribution in [0.5, 0.6) is 0 Å². The Labute approximate surface area is 197 Å². The van der Waals surface area contributed by atoms with Crippen LogP contribution in [0.1, 0.15) is 51.7 Å². The largest absolute Gasteiger partial charge is 0.456 e. The standard InChI is InChI=1S/C26H40O7/c1-16(15-27)10-17(2)22-13-20(31-5)14-23(29)26(3,4)19-9-7-8-18(11-19)12-21(28)24(32-6)25(30)33-22/h7-11,16,20-24,27-29H,12-15H2,1-6H3/b17-10-/t16-,20-,21-,22+,23+,24+/m1/s1. The van der Waals surface area contributed by atoms with Gasteiger partial charge in [0, 0.05) is 45.5 Å². The van der Waals surface area contributed by atoms with Gasteiger partial charge in [0.1, 0.15) is 6.10 Å². The van der Waals surface area contributed by atoms with E-state index in [2.05, 4.69) is 0 Å². The molecule has 2 rings (SSSR count). The van der Waals surface area contributed by atoms with E-state index in [0.29, 0.717) is 12.8 Å². The number of fused-ring (bicyclic) bond motifs is 2. The van der Waals surface area contributed by atoms with Crippen molar-refractivity contribution in [1.82, 2.24) is 0 Å². The molecule has 7 heteroatoms. The van der Waals surface area contributed by atoms with Crippen LogP contribution in [0.25, 0.3) is 0 Å². The second kappa shape index (κ2) is 12.1. The normalized spacial score (nSPS) is 30.3. The number of esters is 1. The lowest BCUT2D eigenvalue weighted by Crippen LogP contribution is -2.42. The number of rotatable bonds is 5. The van der Waals surface area contributed by atoms with Crippen LogP contribution in [0.3, 0.4) is 0 Å². The Bertz CT molecular complexity index is 804. The SMILES string of the molecule is CO[C@@H]1C[C@@H](/C(C)=C\[C@@H](C)CO)OC(=O)[C@@H](OC)[C@H](O)Cc2cccc(c2)C(C)(C)[C@@H](O)C1. The van der Waals surface area contributed by atoms with E-state index in [4.69, 9.17) is 14.2 Å². The Kier molecular flexibility index (Phi) is 10.1. The smallest absolute Gasteiger partial charge is 0.338 e. The van der Waals surface area contributed by atoms with Crippen LogP contribution >= 0.6 is 0 Å². The van der Waals surface area contributed by atoms with Crippen LogP contribution in [-0.2, 0) is 30.8 Å². The number of ether oxygens (including phenoxy) is 3. The number of aliphatic hydroxyl groups excluding tert-OH is 3. The van der Waals surface area contributed by atoms with Crippen LogP contribution in [-0.4, -0.2) is 72.6 Å². The lowest BCUT2D eigenvalue weighted by molar-refractivity contribution is -0.167. The zero-order chi connectivity index (χ0) is 24.8. The highest BCUT2D eigenvalue weighted by Crippen LogP contribution is 2.32. The Morgan fingerprint density at radius 1 is 1.24 bits per heavy atom. The lowest BCUT2D eigenvalue weighted by atomic mass is 9.76. The molecule has 1 aliphatic heterocycles. The molecule has 2 bridgehead atoms. The van der Waals surface area contributed by atoms with E-state index in [9.17, 15) is 20.1 Å². The van der Waals surface area contributed by atoms with Crippen LogP contribution in [0.4, 0.5) is 0 Å². The highest BCUT2D eigenvalue weighted by Gasteiger charge is 2.36. The van der Waals surface area contributed by atoms with E-state index in [1.165, 1.54) is 7.11 Å². The van der Waals surface area contributed by atoms with Gasteiger partial charge < -0.3 is 29.5 Å². The number of carbonyl (C=O) groups excluding carboxylic acids is 1. The van der Waals surface area contributed by atoms with Crippen molar-refractivity contribution in [2.45, 2.75) is 82.9 Å². The summed E-state index contributed by atoms with van der Waals surface area (Å²) in [4.78, 5) is 13.0. The number of benzene rings is 1. The maximum absolute atomic E-state index is 13.0. The van der Waals surface area contributed by atoms with Gasteiger partial charge in [-0.1, -0.05) is 51.1 Å². The summed E-state index contributed by atoms with van der Waals surface area (Å²) in [5.74, 6) is -0.778. The minimum absolute atomic E-state index is 0.0320. The third-order valence-electron chi connectivity index (χ3n) is 6.68. The molecule has 0 fully saturated rings. The molecule has 186 valence electrons. The van der Waals surface area contributed by atoms with Gasteiger partial charge in [0.15, 0.2) is 6.10 Å². The van der Waals surface area contributed by atoms with Crippen molar-refractivity contribution in [2.24, 2.45) is 5.92 Å². The summed E-state index contributed by atoms with van der Waals surface area (Å²) >= 11 is 0. The summed E-state index contributed by atoms with van der Waals surface area (Å²) in [6.07, 6.45) is -1.28. The third-order valence-corrected chi connectivity index (χ3v) is 6.68. The van der Waals surface area contributed by atoms with Crippen LogP contribution < -0.4 is 0 Å². The van der Waals surface area contributed by atoms with Crippen LogP contribution in [0.15, 0.2) is 35.9 Å². The number of aliphatic hydroxyl groups is 3. The summed E-state index contributed by atoms with van der Waals surface area (Å²) in [6.45, 7) is 7.63. The third kappa shape index (κ3) is 7.11. The van der Waals surface area contributed by atoms with Crippen molar-refractivity contribution in [2.75, 3.05) is 20.8 Å². The van der Waals surface area contributed by atoms with Gasteiger partial charge in [-0.05, 0) is 29.5 Å². The van der Waals surface area contributed by atoms with Crippen LogP contribution in [0.2, 0.25) is 0 Å². The number of hydrogen-bond donors (Lipinski definition) is 3. The summed E-state index contributed by atoms with van der Waals surface area (Å²) in [5.41, 5.74) is 1.97. The number of hydrogen-bond acceptors (Lipinski definition) is 7. The fourth-order valence-corrected chi connectivity index (χ4v) is 4.26. The average molecular weight is 465 g/mol. The molecule has 3 N–H and O–H groups in total. The minimum Gasteiger partial charge on any atom is -0.456 e. The maximum atomic E-state index is 13.0. The number of carbonyl (C=O) groups is 1. The van der Waals surface area contributed by atoms with Crippen molar-refractivity contribution in [3.8, 4) is 0 Å². The fraction of sp³-hybridized carbons (Fsp3) is 0.654. The van der Waals surface area contributed by atoms with Gasteiger partial charge in [-0.15, -0.1) is 0 Å². The molecule has 33 heavy (non-hydrogen) atoms. The first-order valence-corrected chi connectivity index (χ1v) is 11.5. The molecule has 0 aliphatic carbocycles. The van der Waals surface area contributed by atoms with E-state index in [1.54, 1.807) is 7.11 Å². The first-order chi connectivity index (χ1) is 15.5. The van der Waals surface area contributed by atoms with E-state index >= 15 is 0 Å². The molecule has 0 aromatic heterocycles. The first kappa shape index (κ1) is 27.5. The van der Waals surface area contributed by atoms with Crippen molar-refractivity contribution in [3.63, 3.8) is 0 Å². The van der Waals surface area contributed by atoms with E-state index in [-0.39, 0.29) is 25.0 Å². The first-order valence-electron chi connectivity index (χ1n) is 11.5. The maximum Gasteiger partial charge on any atom is 0.338 e. The topological polar surface area (TPSA) is 105 Å². The summed E-state index contributed by atoms with van der Waals surface area (Å²) in [5, 5.41) is 31.4. The molecule has 0 saturated carbocycles. The molecule has 1 aromatic carbocycles. The zero-order valence-corrected chi connectivity index (χ0v) is 20.7. The van der Waals surface area contributed by atoms with Crippen molar-refractivity contribution in [3.05, 3.63) is 47.0 Å². The van der Waals surface area contributed by atoms with Gasteiger partial charge in [-0.2, -0.15) is 0 Å². The Morgan fingerprint density at radius 2 is 1.94 bits per heavy atom. The van der Waals surface area contributed by atoms with Crippen molar-refractivity contribution < 1.29 is 34.3 Å². The van der Waals surface area contributed by atoms with Gasteiger partial charge in [0.05, 0.1) is 18.3 Å². The van der Waals surface area contributed by atoms with Gasteiger partial charge in [-0.25, -0.2) is 4.79 Å². The van der Waals surface area contributed by atoms with Gasteiger partial charge >= 0.3 is 5.97 Å². The summed E-state index contributed by atoms with van der Waals surface area (Å²) in [7, 11) is 2.95. The molecule has 0 radical (unpaired) electrons. The van der Waals surface area contributed by atoms with E-state index in [0.717, 1.165) is 16.7 Å². The van der Waals surface area contributed by atoms with Gasteiger partial charge in [-0.3, -0.25) is 0 Å². The minimum atomic E-state index is -1.15. The molecule has 0 spiro atoms. The summed E-state index contributed by atoms with van der Waals surface area (Å²) in [6, 6.07) is 7.67. The number of methoxy groups -OCH3 is 2. The monoisotopic (exact) mass is 464 g/mol. The predicted molar refractivity (Wildman–Crippen MR) is 126 cm³/mol. The van der Waals surface area contributed by atoms with E-state index in [1.807, 2.05) is 58.0 Å². The Morgan fingerprint density at radius 3 is 2.55 bits per heavy atom. The molecule has 1 aliphatic rings. The summed E-state index contributed by atoms with van der Waals surface area (Å²) < 4.78 is 16.8. The molecule has 7 nitrogen and oxygen atoms in total. The second-order valence-corrected chi connectivity index (χ2v) is 9.69. The number of cyclic esters (lactones) is 1. The highest BCUT2D eigenvalue weighted by molar-refractivity contribution is 5.76. The molecule has 6 atom stereocenters. The second-order valence-electron chi connectivity index (χ2n) is 9.69. The highest BCUT2D eigenvalue weighted by atomic mass is 16.6. The zero-order valence-electron chi connectivity index (χ0n) is 20.7. The lowest BCUT2D eigenvalue weighted by Gasteiger charge is -2.35. The quantitative estimate of drug-likeness (QED) is 0.454. The molecular formula is C26H40O7. The van der Waals surface area contributed by atoms with Crippen LogP contribution in [0, 0.1) is 5.92 Å². The van der Waals surface area contributed by atoms with Crippen molar-refractivity contribution in [1.29, 1.82) is 0 Å². The molecule has 1 heterocycles. The van der Waals surface area contributed by atoms with Crippen molar-refractivity contribution >= 4 is 5.97 Å². The molecular weight excluding hydrogens is 424 g/mol.